The third-order valence-corrected chi connectivity index (χ3v) is 10.4. The number of hydrogen-bond donors (Lipinski definition) is 0. The zero-order chi connectivity index (χ0) is 29.7. The van der Waals surface area contributed by atoms with E-state index in [1.54, 1.807) is 0 Å². The van der Waals surface area contributed by atoms with Crippen LogP contribution in [0.15, 0.2) is 0 Å². The average Bonchev–Trinajstić information content (AvgIpc) is 3.70. The van der Waals surface area contributed by atoms with Crippen molar-refractivity contribution < 1.29 is 33.4 Å². The number of Topliss-reactive ketones (excluding diaryl/α,β-unsaturated/α-hetero) is 3. The highest BCUT2D eigenvalue weighted by molar-refractivity contribution is 5.84. The average molecular weight is 573 g/mol. The molecule has 0 unspecified atom stereocenters. The van der Waals surface area contributed by atoms with Crippen molar-refractivity contribution in [3.8, 4) is 0 Å². The van der Waals surface area contributed by atoms with Gasteiger partial charge in [0, 0.05) is 43.4 Å². The fourth-order valence-corrected chi connectivity index (χ4v) is 8.27. The third-order valence-electron chi connectivity index (χ3n) is 10.4. The van der Waals surface area contributed by atoms with Crippen molar-refractivity contribution in [1.29, 1.82) is 0 Å². The molecule has 0 saturated heterocycles. The first-order chi connectivity index (χ1) is 19.4. The predicted molar refractivity (Wildman–Crippen MR) is 155 cm³/mol. The minimum atomic E-state index is -0.481. The number of esters is 2. The summed E-state index contributed by atoms with van der Waals surface area (Å²) in [5.41, 5.74) is -0.481. The molecule has 4 fully saturated rings. The van der Waals surface area contributed by atoms with E-state index in [2.05, 4.69) is 0 Å². The Morgan fingerprint density at radius 1 is 0.537 bits per heavy atom. The molecule has 4 aliphatic carbocycles. The molecule has 0 aromatic heterocycles. The number of ether oxygens (including phenoxy) is 2. The van der Waals surface area contributed by atoms with Gasteiger partial charge >= 0.3 is 11.9 Å². The van der Waals surface area contributed by atoms with Gasteiger partial charge < -0.3 is 9.47 Å². The molecule has 7 nitrogen and oxygen atoms in total. The minimum absolute atomic E-state index is 0.0423. The number of carbonyl (C=O) groups excluding carboxylic acids is 5. The van der Waals surface area contributed by atoms with Crippen LogP contribution in [0.5, 0.6) is 0 Å². The molecular formula is C34H52O7. The molecule has 230 valence electrons. The first kappa shape index (κ1) is 31.9. The van der Waals surface area contributed by atoms with E-state index in [0.29, 0.717) is 54.9 Å². The maximum atomic E-state index is 13.2. The zero-order valence-corrected chi connectivity index (χ0v) is 25.8. The quantitative estimate of drug-likeness (QED) is 0.248. The highest BCUT2D eigenvalue weighted by Crippen LogP contribution is 2.42. The summed E-state index contributed by atoms with van der Waals surface area (Å²) in [7, 11) is 1.42. The summed E-state index contributed by atoms with van der Waals surface area (Å²) in [5, 5.41) is 0. The van der Waals surface area contributed by atoms with E-state index >= 15 is 0 Å². The molecule has 0 heterocycles. The molecule has 4 aliphatic rings. The van der Waals surface area contributed by atoms with Gasteiger partial charge in [0.05, 0.1) is 13.0 Å². The van der Waals surface area contributed by atoms with Crippen molar-refractivity contribution in [2.75, 3.05) is 7.11 Å². The molecule has 0 N–H and O–H groups in total. The molecule has 7 heteroatoms. The van der Waals surface area contributed by atoms with Crippen LogP contribution in [-0.2, 0) is 33.4 Å². The van der Waals surface area contributed by atoms with E-state index in [0.717, 1.165) is 77.0 Å². The predicted octanol–water partition coefficient (Wildman–Crippen LogP) is 6.43. The van der Waals surface area contributed by atoms with Crippen LogP contribution in [0.3, 0.4) is 0 Å². The maximum Gasteiger partial charge on any atom is 0.308 e. The summed E-state index contributed by atoms with van der Waals surface area (Å²) in [4.78, 5) is 63.2. The van der Waals surface area contributed by atoms with Gasteiger partial charge in [-0.1, -0.05) is 0 Å². The van der Waals surface area contributed by atoms with Crippen molar-refractivity contribution in [2.45, 2.75) is 129 Å². The smallest absolute Gasteiger partial charge is 0.308 e. The van der Waals surface area contributed by atoms with E-state index in [1.807, 2.05) is 20.8 Å². The topological polar surface area (TPSA) is 104 Å². The standard InChI is InChI=1S/C34H52O7/c1-34(2,3)41-32(38)20-24-7-11-27(15-24)30(36)18-22-5-9-25(13-22)29(35)17-21-6-10-26(14-21)31(37)19-23-8-12-28(16-23)33(39)40-4/h21-28H,5-20H2,1-4H3/t21-,22-,23-,24-,25-,26-,27-,28-/m0/s1. The summed E-state index contributed by atoms with van der Waals surface area (Å²) >= 11 is 0. The minimum Gasteiger partial charge on any atom is -0.469 e. The molecule has 0 aromatic carbocycles. The van der Waals surface area contributed by atoms with E-state index in [4.69, 9.17) is 9.47 Å². The second kappa shape index (κ2) is 13.9. The number of rotatable bonds is 12. The van der Waals surface area contributed by atoms with Gasteiger partial charge in [-0.15, -0.1) is 0 Å². The molecular weight excluding hydrogens is 520 g/mol. The lowest BCUT2D eigenvalue weighted by molar-refractivity contribution is -0.156. The number of methoxy groups -OCH3 is 1. The van der Waals surface area contributed by atoms with Crippen LogP contribution >= 0.6 is 0 Å². The van der Waals surface area contributed by atoms with Crippen LogP contribution in [-0.4, -0.2) is 42.0 Å². The van der Waals surface area contributed by atoms with Crippen LogP contribution in [0.2, 0.25) is 0 Å². The van der Waals surface area contributed by atoms with Gasteiger partial charge in [-0.05, 0) is 121 Å². The molecule has 4 rings (SSSR count). The van der Waals surface area contributed by atoms with Gasteiger partial charge in [-0.25, -0.2) is 0 Å². The summed E-state index contributed by atoms with van der Waals surface area (Å²) in [5.74, 6) is 1.83. The van der Waals surface area contributed by atoms with Gasteiger partial charge in [0.2, 0.25) is 0 Å². The van der Waals surface area contributed by atoms with Crippen molar-refractivity contribution in [2.24, 2.45) is 47.3 Å². The third kappa shape index (κ3) is 9.22. The Morgan fingerprint density at radius 2 is 0.878 bits per heavy atom. The summed E-state index contributed by atoms with van der Waals surface area (Å²) in [6.07, 6.45) is 12.4. The Morgan fingerprint density at radius 3 is 1.24 bits per heavy atom. The van der Waals surface area contributed by atoms with Gasteiger partial charge in [0.1, 0.15) is 23.0 Å². The molecule has 0 spiro atoms. The second-order valence-electron chi connectivity index (χ2n) is 14.8. The van der Waals surface area contributed by atoms with Crippen LogP contribution in [0.25, 0.3) is 0 Å². The Hall–Kier alpha value is -2.05. The van der Waals surface area contributed by atoms with Crippen LogP contribution in [0, 0.1) is 47.3 Å². The monoisotopic (exact) mass is 572 g/mol. The normalized spacial score (nSPS) is 33.6. The van der Waals surface area contributed by atoms with Gasteiger partial charge in [-0.2, -0.15) is 0 Å². The van der Waals surface area contributed by atoms with Crippen LogP contribution < -0.4 is 0 Å². The molecule has 0 amide bonds. The molecule has 8 atom stereocenters. The molecule has 0 bridgehead atoms. The van der Waals surface area contributed by atoms with Gasteiger partial charge in [0.25, 0.3) is 0 Å². The first-order valence-electron chi connectivity index (χ1n) is 16.3. The van der Waals surface area contributed by atoms with Crippen molar-refractivity contribution in [3.05, 3.63) is 0 Å². The van der Waals surface area contributed by atoms with E-state index in [9.17, 15) is 24.0 Å². The lowest BCUT2D eigenvalue weighted by Crippen LogP contribution is -2.25. The number of ketones is 3. The Labute approximate surface area is 246 Å². The fraction of sp³-hybridized carbons (Fsp3) is 0.853. The lowest BCUT2D eigenvalue weighted by atomic mass is 9.87. The summed E-state index contributed by atoms with van der Waals surface area (Å²) < 4.78 is 10.3. The van der Waals surface area contributed by atoms with Crippen LogP contribution in [0.4, 0.5) is 0 Å². The molecule has 0 aromatic rings. The maximum absolute atomic E-state index is 13.2. The second-order valence-corrected chi connectivity index (χ2v) is 14.8. The highest BCUT2D eigenvalue weighted by Gasteiger charge is 2.39. The first-order valence-corrected chi connectivity index (χ1v) is 16.3. The largest absolute Gasteiger partial charge is 0.469 e. The van der Waals surface area contributed by atoms with Crippen LogP contribution in [0.1, 0.15) is 124 Å². The number of carbonyl (C=O) groups is 5. The fourth-order valence-electron chi connectivity index (χ4n) is 8.27. The molecule has 4 saturated carbocycles. The SMILES string of the molecule is COC(=O)[C@H]1CC[C@H](CC(=O)[C@H]2CC[C@H](CC(=O)[C@H]3CC[C@H](CC(=O)[C@H]4CC[C@H](CC(=O)OC(C)(C)C)C4)C3)C2)C1. The summed E-state index contributed by atoms with van der Waals surface area (Å²) in [6, 6.07) is 0. The summed E-state index contributed by atoms with van der Waals surface area (Å²) in [6.45, 7) is 5.62. The zero-order valence-electron chi connectivity index (χ0n) is 25.8. The van der Waals surface area contributed by atoms with Crippen molar-refractivity contribution >= 4 is 29.3 Å². The van der Waals surface area contributed by atoms with E-state index in [1.165, 1.54) is 7.11 Å². The van der Waals surface area contributed by atoms with Crippen molar-refractivity contribution in [3.63, 3.8) is 0 Å². The Bertz CT molecular complexity index is 978. The Balaban J connectivity index is 1.13. The van der Waals surface area contributed by atoms with E-state index in [-0.39, 0.29) is 47.4 Å². The van der Waals surface area contributed by atoms with E-state index < -0.39 is 5.60 Å². The van der Waals surface area contributed by atoms with Gasteiger partial charge in [-0.3, -0.25) is 24.0 Å². The molecule has 0 aliphatic heterocycles. The number of hydrogen-bond acceptors (Lipinski definition) is 7. The molecule has 0 radical (unpaired) electrons. The van der Waals surface area contributed by atoms with Gasteiger partial charge in [0.15, 0.2) is 0 Å². The highest BCUT2D eigenvalue weighted by atomic mass is 16.6. The lowest BCUT2D eigenvalue weighted by Gasteiger charge is -2.20. The Kier molecular flexibility index (Phi) is 10.8. The molecule has 41 heavy (non-hydrogen) atoms. The van der Waals surface area contributed by atoms with Crippen molar-refractivity contribution in [1.82, 2.24) is 0 Å².